The average Bonchev–Trinajstić information content (AvgIpc) is 2.83. The molecule has 1 atom stereocenters. The lowest BCUT2D eigenvalue weighted by Gasteiger charge is -2.29. The van der Waals surface area contributed by atoms with Crippen molar-refractivity contribution in [2.24, 2.45) is 0 Å². The summed E-state index contributed by atoms with van der Waals surface area (Å²) >= 11 is 0. The van der Waals surface area contributed by atoms with Gasteiger partial charge in [-0.1, -0.05) is 48.5 Å². The zero-order chi connectivity index (χ0) is 18.0. The van der Waals surface area contributed by atoms with Crippen LogP contribution in [0.15, 0.2) is 54.6 Å². The number of rotatable bonds is 5. The largest absolute Gasteiger partial charge is 0.349 e. The minimum Gasteiger partial charge on any atom is -0.349 e. The Morgan fingerprint density at radius 2 is 1.68 bits per heavy atom. The smallest absolute Gasteiger partial charge is 0.237 e. The fourth-order valence-corrected chi connectivity index (χ4v) is 3.71. The minimum atomic E-state index is -0.682. The summed E-state index contributed by atoms with van der Waals surface area (Å²) in [5.74, 6) is 0.122. The van der Waals surface area contributed by atoms with Gasteiger partial charge in [0.15, 0.2) is 0 Å². The molecule has 1 heterocycles. The summed E-state index contributed by atoms with van der Waals surface area (Å²) in [6, 6.07) is 18.0. The van der Waals surface area contributed by atoms with Crippen LogP contribution in [0.1, 0.15) is 24.0 Å². The number of amides is 2. The van der Waals surface area contributed by atoms with E-state index in [4.69, 9.17) is 0 Å². The molecule has 3 rings (SSSR count). The molecule has 130 valence electrons. The van der Waals surface area contributed by atoms with Crippen LogP contribution in [0.5, 0.6) is 0 Å². The van der Waals surface area contributed by atoms with Crippen molar-refractivity contribution < 1.29 is 9.59 Å². The van der Waals surface area contributed by atoms with Gasteiger partial charge in [0.05, 0.1) is 5.41 Å². The van der Waals surface area contributed by atoms with E-state index >= 15 is 0 Å². The highest BCUT2D eigenvalue weighted by Crippen LogP contribution is 2.46. The highest BCUT2D eigenvalue weighted by molar-refractivity contribution is 6.08. The van der Waals surface area contributed by atoms with E-state index in [0.717, 1.165) is 16.8 Å². The number of anilines is 1. The van der Waals surface area contributed by atoms with Crippen LogP contribution in [-0.4, -0.2) is 37.9 Å². The second-order valence-electron chi connectivity index (χ2n) is 6.91. The maximum Gasteiger partial charge on any atom is 0.237 e. The van der Waals surface area contributed by atoms with Crippen LogP contribution in [0.4, 0.5) is 5.69 Å². The summed E-state index contributed by atoms with van der Waals surface area (Å²) in [5, 5.41) is 0. The summed E-state index contributed by atoms with van der Waals surface area (Å²) in [5.41, 5.74) is 2.40. The lowest BCUT2D eigenvalue weighted by molar-refractivity contribution is -0.129. The normalized spacial score (nSPS) is 19.0. The summed E-state index contributed by atoms with van der Waals surface area (Å²) in [6.07, 6.45) is 1.47. The van der Waals surface area contributed by atoms with Gasteiger partial charge >= 0.3 is 0 Å². The van der Waals surface area contributed by atoms with E-state index in [0.29, 0.717) is 19.3 Å². The van der Waals surface area contributed by atoms with Crippen molar-refractivity contribution in [3.63, 3.8) is 0 Å². The van der Waals surface area contributed by atoms with E-state index in [2.05, 4.69) is 0 Å². The van der Waals surface area contributed by atoms with Crippen molar-refractivity contribution in [2.75, 3.05) is 26.0 Å². The highest BCUT2D eigenvalue weighted by Gasteiger charge is 2.49. The second-order valence-corrected chi connectivity index (χ2v) is 6.91. The first-order valence-corrected chi connectivity index (χ1v) is 8.57. The van der Waals surface area contributed by atoms with Gasteiger partial charge in [0.1, 0.15) is 0 Å². The van der Waals surface area contributed by atoms with Gasteiger partial charge in [-0.05, 0) is 30.0 Å². The van der Waals surface area contributed by atoms with Crippen LogP contribution in [0.3, 0.4) is 0 Å². The van der Waals surface area contributed by atoms with E-state index in [1.807, 2.05) is 61.6 Å². The van der Waals surface area contributed by atoms with E-state index < -0.39 is 5.41 Å². The third kappa shape index (κ3) is 3.04. The monoisotopic (exact) mass is 336 g/mol. The molecule has 0 bridgehead atoms. The summed E-state index contributed by atoms with van der Waals surface area (Å²) in [6.45, 7) is 0. The van der Waals surface area contributed by atoms with Crippen LogP contribution in [0.25, 0.3) is 0 Å². The molecule has 2 aromatic carbocycles. The molecule has 0 unspecified atom stereocenters. The number of likely N-dealkylation sites (N-methyl/N-ethyl adjacent to an activating group) is 1. The second kappa shape index (κ2) is 6.71. The third-order valence-electron chi connectivity index (χ3n) is 5.11. The number of hydrogen-bond acceptors (Lipinski definition) is 2. The predicted octanol–water partition coefficient (Wildman–Crippen LogP) is 3.01. The first-order chi connectivity index (χ1) is 12.0. The van der Waals surface area contributed by atoms with Crippen LogP contribution in [-0.2, 0) is 21.4 Å². The van der Waals surface area contributed by atoms with Crippen LogP contribution in [0.2, 0.25) is 0 Å². The fourth-order valence-electron chi connectivity index (χ4n) is 3.71. The van der Waals surface area contributed by atoms with Gasteiger partial charge in [-0.25, -0.2) is 0 Å². The van der Waals surface area contributed by atoms with E-state index in [-0.39, 0.29) is 11.8 Å². The molecule has 4 heteroatoms. The van der Waals surface area contributed by atoms with Crippen molar-refractivity contribution in [1.29, 1.82) is 0 Å². The third-order valence-corrected chi connectivity index (χ3v) is 5.11. The Balaban J connectivity index is 2.03. The molecule has 0 saturated carbocycles. The molecule has 0 radical (unpaired) electrons. The Hall–Kier alpha value is -2.62. The molecule has 0 aromatic heterocycles. The number of carbonyl (C=O) groups excluding carboxylic acids is 2. The standard InChI is InChI=1S/C21H24N2O2/c1-22(2)19(24)13-14-21(15-16-9-5-4-6-10-16)17-11-7-8-12-18(17)23(3)20(21)25/h4-12H,13-15H2,1-3H3/t21-/m1/s1. The predicted molar refractivity (Wildman–Crippen MR) is 99.6 cm³/mol. The van der Waals surface area contributed by atoms with Crippen LogP contribution >= 0.6 is 0 Å². The number of nitrogens with zero attached hydrogens (tertiary/aromatic N) is 2. The maximum atomic E-state index is 13.3. The summed E-state index contributed by atoms with van der Waals surface area (Å²) in [7, 11) is 5.33. The summed E-state index contributed by atoms with van der Waals surface area (Å²) in [4.78, 5) is 28.8. The summed E-state index contributed by atoms with van der Waals surface area (Å²) < 4.78 is 0. The maximum absolute atomic E-state index is 13.3. The number of fused-ring (bicyclic) bond motifs is 1. The molecule has 2 amide bonds. The van der Waals surface area contributed by atoms with Crippen LogP contribution < -0.4 is 4.90 Å². The SMILES string of the molecule is CN(C)C(=O)CC[C@]1(Cc2ccccc2)C(=O)N(C)c2ccccc21. The highest BCUT2D eigenvalue weighted by atomic mass is 16.2. The lowest BCUT2D eigenvalue weighted by atomic mass is 9.73. The van der Waals surface area contributed by atoms with Gasteiger partial charge in [0.2, 0.25) is 11.8 Å². The molecule has 0 fully saturated rings. The number of para-hydroxylation sites is 1. The molecule has 0 aliphatic carbocycles. The molecule has 4 nitrogen and oxygen atoms in total. The molecular formula is C21H24N2O2. The molecule has 1 aliphatic rings. The van der Waals surface area contributed by atoms with Gasteiger partial charge in [0, 0.05) is 33.3 Å². The Morgan fingerprint density at radius 1 is 1.04 bits per heavy atom. The average molecular weight is 336 g/mol. The zero-order valence-corrected chi connectivity index (χ0v) is 15.0. The number of hydrogen-bond donors (Lipinski definition) is 0. The van der Waals surface area contributed by atoms with Gasteiger partial charge in [0.25, 0.3) is 0 Å². The zero-order valence-electron chi connectivity index (χ0n) is 15.0. The van der Waals surface area contributed by atoms with Crippen molar-refractivity contribution in [3.05, 3.63) is 65.7 Å². The Kier molecular flexibility index (Phi) is 4.62. The van der Waals surface area contributed by atoms with Crippen molar-refractivity contribution in [2.45, 2.75) is 24.7 Å². The molecule has 0 N–H and O–H groups in total. The molecule has 0 spiro atoms. The van der Waals surface area contributed by atoms with Crippen molar-refractivity contribution in [3.8, 4) is 0 Å². The molecule has 25 heavy (non-hydrogen) atoms. The van der Waals surface area contributed by atoms with Gasteiger partial charge in [-0.15, -0.1) is 0 Å². The Morgan fingerprint density at radius 3 is 2.36 bits per heavy atom. The number of carbonyl (C=O) groups is 2. The first-order valence-electron chi connectivity index (χ1n) is 8.57. The first kappa shape index (κ1) is 17.2. The topological polar surface area (TPSA) is 40.6 Å². The minimum absolute atomic E-state index is 0.0484. The number of benzene rings is 2. The molecule has 2 aromatic rings. The van der Waals surface area contributed by atoms with E-state index in [9.17, 15) is 9.59 Å². The van der Waals surface area contributed by atoms with Crippen molar-refractivity contribution in [1.82, 2.24) is 4.90 Å². The van der Waals surface area contributed by atoms with E-state index in [1.165, 1.54) is 0 Å². The Labute approximate surface area is 149 Å². The molecule has 0 saturated heterocycles. The van der Waals surface area contributed by atoms with Gasteiger partial charge in [-0.2, -0.15) is 0 Å². The fraction of sp³-hybridized carbons (Fsp3) is 0.333. The quantitative estimate of drug-likeness (QED) is 0.842. The molecule has 1 aliphatic heterocycles. The van der Waals surface area contributed by atoms with Crippen LogP contribution in [0, 0.1) is 0 Å². The Bertz CT molecular complexity index is 785. The van der Waals surface area contributed by atoms with Crippen molar-refractivity contribution >= 4 is 17.5 Å². The molecular weight excluding hydrogens is 312 g/mol. The van der Waals surface area contributed by atoms with Gasteiger partial charge in [-0.3, -0.25) is 9.59 Å². The van der Waals surface area contributed by atoms with Gasteiger partial charge < -0.3 is 9.80 Å². The van der Waals surface area contributed by atoms with E-state index in [1.54, 1.807) is 23.9 Å². The lowest BCUT2D eigenvalue weighted by Crippen LogP contribution is -2.41.